The number of aliphatic carboxylic acids is 1. The molecule has 0 heterocycles. The zero-order valence-corrected chi connectivity index (χ0v) is 12.1. The number of aliphatic imine (C=N–C) groups is 2. The van der Waals surface area contributed by atoms with E-state index in [1.165, 1.54) is 18.3 Å². The fraction of sp³-hybridized carbons (Fsp3) is 0.182. The number of aromatic hydroxyl groups is 2. The number of phenols is 2. The van der Waals surface area contributed by atoms with Crippen molar-refractivity contribution in [1.82, 2.24) is 0 Å². The summed E-state index contributed by atoms with van der Waals surface area (Å²) in [5.41, 5.74) is 0.332. The molecule has 22 heavy (non-hydrogen) atoms. The summed E-state index contributed by atoms with van der Waals surface area (Å²) in [4.78, 5) is 17.1. The topological polar surface area (TPSA) is 220 Å². The van der Waals surface area contributed by atoms with Crippen molar-refractivity contribution < 1.29 is 58.1 Å². The first-order valence-electron chi connectivity index (χ1n) is 4.93. The second-order valence-electron chi connectivity index (χ2n) is 3.32. The molecule has 10 nitrogen and oxygen atoms in total. The molecular formula is C11H17N2NiO8-. The number of carboxylic acid groups (broad SMARTS) is 1. The van der Waals surface area contributed by atoms with Gasteiger partial charge in [0.2, 0.25) is 0 Å². The van der Waals surface area contributed by atoms with Gasteiger partial charge in [-0.05, 0) is 18.0 Å². The minimum atomic E-state index is -1.19. The largest absolute Gasteiger partial charge is 0.861 e. The van der Waals surface area contributed by atoms with E-state index in [2.05, 4.69) is 9.98 Å². The minimum Gasteiger partial charge on any atom is -0.861 e. The standard InChI is InChI=1S/C11H12N2O5.Ni.3H2O/c14-8-2-1-7(9(15)3-8)4-12-5-10(16)13-6-11(17)18;;;;/h1-4,14-15H,5-6H2,(H,13,16)(H,17,18);;3*1H2/p-1. The number of phenolic OH excluding ortho intramolecular Hbond substituents is 2. The molecule has 0 aliphatic carbocycles. The van der Waals surface area contributed by atoms with Gasteiger partial charge in [-0.15, -0.1) is 0 Å². The minimum absolute atomic E-state index is 0. The Labute approximate surface area is 135 Å². The maximum absolute atomic E-state index is 11.0. The first kappa shape index (κ1) is 28.0. The Morgan fingerprint density at radius 3 is 2.27 bits per heavy atom. The van der Waals surface area contributed by atoms with Crippen LogP contribution in [-0.2, 0) is 21.3 Å². The average Bonchev–Trinajstić information content (AvgIpc) is 2.29. The molecule has 0 aliphatic heterocycles. The van der Waals surface area contributed by atoms with E-state index in [1.807, 2.05) is 0 Å². The molecule has 11 heteroatoms. The van der Waals surface area contributed by atoms with Crippen LogP contribution < -0.4 is 5.11 Å². The number of hydrogen-bond donors (Lipinski definition) is 3. The fourth-order valence-electron chi connectivity index (χ4n) is 1.07. The third kappa shape index (κ3) is 10.6. The van der Waals surface area contributed by atoms with E-state index in [1.54, 1.807) is 0 Å². The van der Waals surface area contributed by atoms with Crippen LogP contribution in [0.2, 0.25) is 0 Å². The Morgan fingerprint density at radius 2 is 1.77 bits per heavy atom. The quantitative estimate of drug-likeness (QED) is 0.279. The van der Waals surface area contributed by atoms with Gasteiger partial charge in [0.15, 0.2) is 0 Å². The van der Waals surface area contributed by atoms with Gasteiger partial charge in [0.05, 0.1) is 6.54 Å². The van der Waals surface area contributed by atoms with Crippen molar-refractivity contribution in [3.05, 3.63) is 23.8 Å². The Hall–Kier alpha value is -2.20. The summed E-state index contributed by atoms with van der Waals surface area (Å²) >= 11 is 0. The summed E-state index contributed by atoms with van der Waals surface area (Å²) in [6.07, 6.45) is 1.24. The molecule has 0 aliphatic rings. The molecule has 0 aromatic heterocycles. The SMILES string of the molecule is O.O.O.O=C(O)CN=C([O-])CN=Cc1ccc(O)cc1O.[Ni]. The molecular weight excluding hydrogens is 347 g/mol. The van der Waals surface area contributed by atoms with Gasteiger partial charge in [0, 0.05) is 34.3 Å². The molecule has 1 aromatic rings. The van der Waals surface area contributed by atoms with Crippen LogP contribution in [-0.4, -0.2) is 62.9 Å². The summed E-state index contributed by atoms with van der Waals surface area (Å²) in [6, 6.07) is 3.92. The maximum Gasteiger partial charge on any atom is 0.325 e. The van der Waals surface area contributed by atoms with Crippen molar-refractivity contribution in [3.8, 4) is 11.5 Å². The molecule has 9 N–H and O–H groups in total. The van der Waals surface area contributed by atoms with Crippen molar-refractivity contribution in [1.29, 1.82) is 0 Å². The Kier molecular flexibility index (Phi) is 17.5. The molecule has 0 atom stereocenters. The van der Waals surface area contributed by atoms with Crippen LogP contribution in [0, 0.1) is 0 Å². The normalized spacial score (nSPS) is 9.73. The van der Waals surface area contributed by atoms with E-state index in [0.717, 1.165) is 6.07 Å². The molecule has 0 unspecified atom stereocenters. The van der Waals surface area contributed by atoms with E-state index in [4.69, 9.17) is 10.2 Å². The van der Waals surface area contributed by atoms with Crippen LogP contribution >= 0.6 is 0 Å². The smallest absolute Gasteiger partial charge is 0.325 e. The molecule has 0 radical (unpaired) electrons. The fourth-order valence-corrected chi connectivity index (χ4v) is 1.07. The van der Waals surface area contributed by atoms with Crippen LogP contribution in [0.3, 0.4) is 0 Å². The Balaban J connectivity index is -0.000000405. The van der Waals surface area contributed by atoms with Gasteiger partial charge in [-0.2, -0.15) is 0 Å². The van der Waals surface area contributed by atoms with Gasteiger partial charge < -0.3 is 36.9 Å². The number of carboxylic acids is 1. The summed E-state index contributed by atoms with van der Waals surface area (Å²) in [6.45, 7) is -0.883. The molecule has 0 bridgehead atoms. The second-order valence-corrected chi connectivity index (χ2v) is 3.32. The van der Waals surface area contributed by atoms with Gasteiger partial charge in [0.25, 0.3) is 0 Å². The van der Waals surface area contributed by atoms with Gasteiger partial charge >= 0.3 is 5.97 Å². The van der Waals surface area contributed by atoms with Gasteiger partial charge in [-0.3, -0.25) is 14.8 Å². The average molecular weight is 364 g/mol. The molecule has 0 amide bonds. The van der Waals surface area contributed by atoms with Crippen LogP contribution in [0.4, 0.5) is 0 Å². The molecule has 0 spiro atoms. The number of hydrogen-bond acceptors (Lipinski definition) is 6. The Bertz CT molecular complexity index is 507. The predicted molar refractivity (Wildman–Crippen MR) is 73.0 cm³/mol. The summed E-state index contributed by atoms with van der Waals surface area (Å²) < 4.78 is 0. The predicted octanol–water partition coefficient (Wildman–Crippen LogP) is -3.12. The summed E-state index contributed by atoms with van der Waals surface area (Å²) in [5.74, 6) is -2.11. The van der Waals surface area contributed by atoms with Crippen LogP contribution in [0.1, 0.15) is 5.56 Å². The molecule has 0 fully saturated rings. The number of nitrogens with zero attached hydrogens (tertiary/aromatic N) is 2. The van der Waals surface area contributed by atoms with Crippen molar-refractivity contribution in [2.24, 2.45) is 9.98 Å². The molecule has 1 rings (SSSR count). The summed E-state index contributed by atoms with van der Waals surface area (Å²) in [7, 11) is 0. The molecule has 1 aromatic carbocycles. The van der Waals surface area contributed by atoms with Gasteiger partial charge in [-0.1, -0.05) is 0 Å². The van der Waals surface area contributed by atoms with E-state index in [-0.39, 0.29) is 51.0 Å². The third-order valence-corrected chi connectivity index (χ3v) is 1.86. The zero-order chi connectivity index (χ0) is 13.5. The first-order valence-corrected chi connectivity index (χ1v) is 4.93. The van der Waals surface area contributed by atoms with Crippen LogP contribution in [0.25, 0.3) is 0 Å². The van der Waals surface area contributed by atoms with Crippen LogP contribution in [0.15, 0.2) is 28.2 Å². The van der Waals surface area contributed by atoms with Gasteiger partial charge in [-0.25, -0.2) is 0 Å². The Morgan fingerprint density at radius 1 is 1.18 bits per heavy atom. The van der Waals surface area contributed by atoms with Crippen molar-refractivity contribution in [3.63, 3.8) is 0 Å². The third-order valence-electron chi connectivity index (χ3n) is 1.86. The van der Waals surface area contributed by atoms with Crippen molar-refractivity contribution >= 4 is 18.1 Å². The maximum atomic E-state index is 11.0. The number of benzene rings is 1. The van der Waals surface area contributed by atoms with Crippen molar-refractivity contribution in [2.45, 2.75) is 0 Å². The van der Waals surface area contributed by atoms with E-state index in [0.29, 0.717) is 5.56 Å². The monoisotopic (exact) mass is 363 g/mol. The molecule has 0 saturated carbocycles. The summed E-state index contributed by atoms with van der Waals surface area (Å²) in [5, 5.41) is 37.8. The molecule has 130 valence electrons. The van der Waals surface area contributed by atoms with E-state index >= 15 is 0 Å². The zero-order valence-electron chi connectivity index (χ0n) is 11.1. The van der Waals surface area contributed by atoms with Gasteiger partial charge in [0.1, 0.15) is 18.0 Å². The second kappa shape index (κ2) is 13.8. The van der Waals surface area contributed by atoms with E-state index in [9.17, 15) is 15.0 Å². The molecule has 0 saturated heterocycles. The number of rotatable bonds is 5. The van der Waals surface area contributed by atoms with Crippen LogP contribution in [0.5, 0.6) is 11.5 Å². The number of carbonyl (C=O) groups is 1. The van der Waals surface area contributed by atoms with E-state index < -0.39 is 18.4 Å². The van der Waals surface area contributed by atoms with Crippen molar-refractivity contribution in [2.75, 3.05) is 13.1 Å². The first-order chi connectivity index (χ1) is 8.49.